The molecule has 0 aromatic heterocycles. The molecular formula is C30H31NO3. The molecule has 4 heteroatoms. The molecule has 0 fully saturated rings. The quantitative estimate of drug-likeness (QED) is 0.161. The van der Waals surface area contributed by atoms with E-state index in [1.807, 2.05) is 37.3 Å². The van der Waals surface area contributed by atoms with Gasteiger partial charge < -0.3 is 21.1 Å². The number of aryl methyl sites for hydroxylation is 1. The Morgan fingerprint density at radius 1 is 0.559 bits per heavy atom. The highest BCUT2D eigenvalue weighted by atomic mass is 16.3. The lowest BCUT2D eigenvalue weighted by atomic mass is 9.70. The van der Waals surface area contributed by atoms with Gasteiger partial charge in [-0.05, 0) is 77.6 Å². The van der Waals surface area contributed by atoms with Crippen LogP contribution < -0.4 is 5.73 Å². The van der Waals surface area contributed by atoms with E-state index in [9.17, 15) is 15.3 Å². The number of anilines is 1. The maximum Gasteiger partial charge on any atom is 0.138 e. The molecule has 1 atom stereocenters. The van der Waals surface area contributed by atoms with Crippen LogP contribution in [0.4, 0.5) is 5.69 Å². The molecule has 0 spiro atoms. The van der Waals surface area contributed by atoms with Crippen molar-refractivity contribution in [2.45, 2.75) is 38.5 Å². The number of hydrogen-bond donors (Lipinski definition) is 4. The Balaban J connectivity index is 1.82. The zero-order valence-corrected chi connectivity index (χ0v) is 20.0. The van der Waals surface area contributed by atoms with Gasteiger partial charge in [-0.1, -0.05) is 68.4 Å². The third-order valence-electron chi connectivity index (χ3n) is 7.15. The number of benzene rings is 4. The van der Waals surface area contributed by atoms with Crippen molar-refractivity contribution in [3.8, 4) is 17.2 Å². The average Bonchev–Trinajstić information content (AvgIpc) is 2.82. The van der Waals surface area contributed by atoms with Gasteiger partial charge in [-0.3, -0.25) is 0 Å². The number of phenolic OH excluding ortho intramolecular Hbond substituents is 3. The molecule has 4 aromatic carbocycles. The second-order valence-electron chi connectivity index (χ2n) is 9.65. The van der Waals surface area contributed by atoms with Crippen LogP contribution in [-0.4, -0.2) is 15.3 Å². The fourth-order valence-corrected chi connectivity index (χ4v) is 4.59. The van der Waals surface area contributed by atoms with Gasteiger partial charge in [0, 0.05) is 10.8 Å². The molecular weight excluding hydrogens is 422 g/mol. The average molecular weight is 454 g/mol. The molecule has 0 aliphatic heterocycles. The number of nitrogens with two attached hydrogens (primary N) is 1. The third-order valence-corrected chi connectivity index (χ3v) is 7.15. The number of hydrogen-bond acceptors (Lipinski definition) is 4. The minimum atomic E-state index is -0.562. The Labute approximate surface area is 201 Å². The van der Waals surface area contributed by atoms with E-state index in [1.165, 1.54) is 0 Å². The van der Waals surface area contributed by atoms with Gasteiger partial charge in [0.1, 0.15) is 17.2 Å². The lowest BCUT2D eigenvalue weighted by molar-refractivity contribution is 0.470. The van der Waals surface area contributed by atoms with Gasteiger partial charge in [0.25, 0.3) is 0 Å². The van der Waals surface area contributed by atoms with Crippen LogP contribution in [0.1, 0.15) is 54.2 Å². The van der Waals surface area contributed by atoms with Crippen LogP contribution in [0, 0.1) is 6.92 Å². The summed E-state index contributed by atoms with van der Waals surface area (Å²) in [5.41, 5.74) is 11.7. The van der Waals surface area contributed by atoms with Crippen molar-refractivity contribution >= 4 is 5.69 Å². The lowest BCUT2D eigenvalue weighted by Gasteiger charge is -2.33. The van der Waals surface area contributed by atoms with Gasteiger partial charge in [-0.2, -0.15) is 0 Å². The van der Waals surface area contributed by atoms with Crippen molar-refractivity contribution in [3.05, 3.63) is 118 Å². The van der Waals surface area contributed by atoms with Crippen LogP contribution in [0.2, 0.25) is 0 Å². The van der Waals surface area contributed by atoms with Crippen molar-refractivity contribution in [2.75, 3.05) is 5.73 Å². The summed E-state index contributed by atoms with van der Waals surface area (Å²) in [6, 6.07) is 26.8. The van der Waals surface area contributed by atoms with Gasteiger partial charge in [0.2, 0.25) is 0 Å². The molecule has 4 nitrogen and oxygen atoms in total. The van der Waals surface area contributed by atoms with E-state index in [-0.39, 0.29) is 16.9 Å². The normalized spacial score (nSPS) is 13.4. The summed E-state index contributed by atoms with van der Waals surface area (Å²) in [6.07, 6.45) is 0. The predicted octanol–water partition coefficient (Wildman–Crippen LogP) is 6.37. The van der Waals surface area contributed by atoms with E-state index in [1.54, 1.807) is 30.3 Å². The molecule has 0 aliphatic carbocycles. The Morgan fingerprint density at radius 2 is 1.03 bits per heavy atom. The number of aromatic hydroxyl groups is 3. The molecule has 0 heterocycles. The van der Waals surface area contributed by atoms with Crippen LogP contribution in [0.15, 0.2) is 84.9 Å². The minimum absolute atomic E-state index is 0.0538. The Morgan fingerprint density at radius 3 is 1.59 bits per heavy atom. The highest BCUT2D eigenvalue weighted by Gasteiger charge is 2.32. The molecule has 0 bridgehead atoms. The van der Waals surface area contributed by atoms with E-state index < -0.39 is 5.41 Å². The number of rotatable bonds is 5. The molecule has 0 amide bonds. The first-order chi connectivity index (χ1) is 16.0. The van der Waals surface area contributed by atoms with Crippen molar-refractivity contribution in [3.63, 3.8) is 0 Å². The molecule has 0 aliphatic rings. The maximum atomic E-state index is 9.98. The molecule has 174 valence electrons. The van der Waals surface area contributed by atoms with Gasteiger partial charge in [-0.25, -0.2) is 0 Å². The predicted molar refractivity (Wildman–Crippen MR) is 138 cm³/mol. The Hall–Kier alpha value is -3.92. The fourth-order valence-electron chi connectivity index (χ4n) is 4.59. The number of phenols is 3. The summed E-state index contributed by atoms with van der Waals surface area (Å²) in [6.45, 7) is 8.38. The summed E-state index contributed by atoms with van der Waals surface area (Å²) in [5, 5.41) is 29.8. The van der Waals surface area contributed by atoms with E-state index in [0.717, 1.165) is 33.4 Å². The fraction of sp³-hybridized carbons (Fsp3) is 0.200. The zero-order chi connectivity index (χ0) is 24.7. The summed E-state index contributed by atoms with van der Waals surface area (Å²) >= 11 is 0. The van der Waals surface area contributed by atoms with Crippen LogP contribution in [0.25, 0.3) is 0 Å². The van der Waals surface area contributed by atoms with Crippen molar-refractivity contribution in [2.24, 2.45) is 0 Å². The highest BCUT2D eigenvalue weighted by Crippen LogP contribution is 2.42. The van der Waals surface area contributed by atoms with Gasteiger partial charge in [0.05, 0.1) is 5.69 Å². The van der Waals surface area contributed by atoms with Crippen LogP contribution in [0.5, 0.6) is 17.2 Å². The maximum absolute atomic E-state index is 9.98. The summed E-state index contributed by atoms with van der Waals surface area (Å²) < 4.78 is 0. The topological polar surface area (TPSA) is 86.7 Å². The Kier molecular flexibility index (Phi) is 5.78. The molecule has 0 saturated carbocycles. The Bertz CT molecular complexity index is 1320. The zero-order valence-electron chi connectivity index (χ0n) is 20.0. The minimum Gasteiger partial charge on any atom is -0.508 e. The molecule has 4 rings (SSSR count). The van der Waals surface area contributed by atoms with E-state index in [2.05, 4.69) is 45.0 Å². The second kappa shape index (κ2) is 8.45. The molecule has 4 aromatic rings. The third kappa shape index (κ3) is 3.96. The molecule has 0 saturated heterocycles. The highest BCUT2D eigenvalue weighted by molar-refractivity contribution is 5.59. The van der Waals surface area contributed by atoms with Crippen molar-refractivity contribution < 1.29 is 15.3 Å². The second-order valence-corrected chi connectivity index (χ2v) is 9.65. The van der Waals surface area contributed by atoms with Crippen LogP contribution in [-0.2, 0) is 10.8 Å². The smallest absolute Gasteiger partial charge is 0.138 e. The van der Waals surface area contributed by atoms with Gasteiger partial charge in [-0.15, -0.1) is 0 Å². The first-order valence-corrected chi connectivity index (χ1v) is 11.3. The monoisotopic (exact) mass is 453 g/mol. The van der Waals surface area contributed by atoms with E-state index in [0.29, 0.717) is 11.4 Å². The molecule has 5 N–H and O–H groups in total. The largest absolute Gasteiger partial charge is 0.508 e. The first-order valence-electron chi connectivity index (χ1n) is 11.3. The first kappa shape index (κ1) is 23.2. The van der Waals surface area contributed by atoms with Gasteiger partial charge >= 0.3 is 0 Å². The van der Waals surface area contributed by atoms with E-state index in [4.69, 9.17) is 5.73 Å². The summed E-state index contributed by atoms with van der Waals surface area (Å²) in [5.74, 6) is 0.559. The molecule has 0 radical (unpaired) electrons. The van der Waals surface area contributed by atoms with Crippen LogP contribution in [0.3, 0.4) is 0 Å². The van der Waals surface area contributed by atoms with Gasteiger partial charge in [0.15, 0.2) is 0 Å². The SMILES string of the molecule is Cc1cc(C(C)(C)c2ccc(C(C)(c3ccc(O)cc3)c3ccc(O)c(N)c3)cc2)ccc1O. The van der Waals surface area contributed by atoms with E-state index >= 15 is 0 Å². The van der Waals surface area contributed by atoms with Crippen LogP contribution >= 0.6 is 0 Å². The number of nitrogen functional groups attached to an aromatic ring is 1. The standard InChI is InChI=1S/C30H31NO3/c1-19-17-23(11-15-27(19)33)29(2,3)20-5-7-21(8-6-20)30(4,22-9-13-25(32)14-10-22)24-12-16-28(34)26(31)18-24/h5-18,32-34H,31H2,1-4H3. The van der Waals surface area contributed by atoms with Crippen molar-refractivity contribution in [1.82, 2.24) is 0 Å². The van der Waals surface area contributed by atoms with Crippen molar-refractivity contribution in [1.29, 1.82) is 0 Å². The summed E-state index contributed by atoms with van der Waals surface area (Å²) in [7, 11) is 0. The lowest BCUT2D eigenvalue weighted by Crippen LogP contribution is -2.26. The molecule has 34 heavy (non-hydrogen) atoms. The molecule has 1 unspecified atom stereocenters. The summed E-state index contributed by atoms with van der Waals surface area (Å²) in [4.78, 5) is 0.